The summed E-state index contributed by atoms with van der Waals surface area (Å²) in [4.78, 5) is 0. The van der Waals surface area contributed by atoms with E-state index in [1.54, 1.807) is 0 Å². The van der Waals surface area contributed by atoms with Gasteiger partial charge in [-0.05, 0) is 0 Å². The maximum absolute atomic E-state index is 2.52. The van der Waals surface area contributed by atoms with E-state index in [2.05, 4.69) is 141 Å². The Bertz CT molecular complexity index is 1110. The second-order valence-electron chi connectivity index (χ2n) is 9.10. The van der Waals surface area contributed by atoms with Crippen molar-refractivity contribution >= 4 is 23.6 Å². The molecule has 4 rings (SSSR count). The Labute approximate surface area is 237 Å². The average molecular weight is 562 g/mol. The van der Waals surface area contributed by atoms with Crippen molar-refractivity contribution in [2.45, 2.75) is 44.9 Å². The normalized spacial score (nSPS) is 14.8. The number of allylic oxidation sites excluding steroid dienone is 4. The molecule has 176 valence electrons. The van der Waals surface area contributed by atoms with Crippen molar-refractivity contribution < 1.29 is 57.7 Å². The topological polar surface area (TPSA) is 0 Å². The molecule has 0 N–H and O–H groups in total. The van der Waals surface area contributed by atoms with Crippen LogP contribution in [0.2, 0.25) is 3.34 Å². The van der Waals surface area contributed by atoms with Gasteiger partial charge in [0, 0.05) is 0 Å². The molecule has 0 nitrogen and oxygen atoms in total. The van der Waals surface area contributed by atoms with Gasteiger partial charge in [0.2, 0.25) is 0 Å². The molecule has 34 heavy (non-hydrogen) atoms. The number of hydrogen-bond donors (Lipinski definition) is 0. The molecule has 0 unspecified atom stereocenters. The van der Waals surface area contributed by atoms with Gasteiger partial charge in [0.25, 0.3) is 0 Å². The first kappa shape index (κ1) is 31.0. The third-order valence-corrected chi connectivity index (χ3v) is 16.0. The summed E-state index contributed by atoms with van der Waals surface area (Å²) in [6, 6.07) is 30.1. The van der Waals surface area contributed by atoms with Crippen LogP contribution in [0.4, 0.5) is 0 Å². The molecule has 0 radical (unpaired) electrons. The zero-order valence-electron chi connectivity index (χ0n) is 20.6. The van der Waals surface area contributed by atoms with Gasteiger partial charge >= 0.3 is 201 Å². The van der Waals surface area contributed by atoms with E-state index in [1.807, 2.05) is 0 Å². The predicted octanol–water partition coefficient (Wildman–Crippen LogP) is -3.28. The van der Waals surface area contributed by atoms with Gasteiger partial charge in [-0.3, -0.25) is 0 Å². The van der Waals surface area contributed by atoms with Gasteiger partial charge in [-0.15, -0.1) is 0 Å². The number of hydrogen-bond acceptors (Lipinski definition) is 0. The number of rotatable bonds is 4. The van der Waals surface area contributed by atoms with E-state index in [1.165, 1.54) is 49.0 Å². The Morgan fingerprint density at radius 2 is 0.824 bits per heavy atom. The third-order valence-electron chi connectivity index (χ3n) is 7.55. The summed E-state index contributed by atoms with van der Waals surface area (Å²) in [6.45, 7) is 13.7. The van der Waals surface area contributed by atoms with Gasteiger partial charge in [-0.25, -0.2) is 0 Å². The van der Waals surface area contributed by atoms with Crippen LogP contribution in [0.5, 0.6) is 0 Å². The summed E-state index contributed by atoms with van der Waals surface area (Å²) >= 11 is 2.52. The maximum Gasteiger partial charge on any atom is -1.00 e. The molecule has 1 aliphatic rings. The summed E-state index contributed by atoms with van der Waals surface area (Å²) < 4.78 is -0.0347. The van der Waals surface area contributed by atoms with Gasteiger partial charge in [0.1, 0.15) is 0 Å². The van der Waals surface area contributed by atoms with E-state index in [0.29, 0.717) is 0 Å². The van der Waals surface area contributed by atoms with Gasteiger partial charge in [-0.2, -0.15) is 0 Å². The summed E-state index contributed by atoms with van der Waals surface area (Å²) in [5, 5.41) is 4.44. The summed E-state index contributed by atoms with van der Waals surface area (Å²) in [5.74, 6) is 0. The molecule has 0 amide bonds. The molecule has 0 bridgehead atoms. The van der Waals surface area contributed by atoms with E-state index in [9.17, 15) is 0 Å². The van der Waals surface area contributed by atoms with Crippen molar-refractivity contribution in [3.8, 4) is 0 Å². The SMILES string of the molecule is CC1=C(C)[C]([Ti+3])([Si](c2ccccc2)(c2ccc(C)cc2)c2ccc(C)cc2)C(C)=C1C.[Cl-].[Cl-].[Cl-]. The van der Waals surface area contributed by atoms with Crippen molar-refractivity contribution in [3.63, 3.8) is 0 Å². The molecular weight excluding hydrogens is 531 g/mol. The molecule has 1 aliphatic carbocycles. The molecule has 0 heterocycles. The standard InChI is InChI=1S/C29H31Si.3ClH.Ti/c1-20-12-16-27(17-13-20)30(26-10-8-7-9-11-26,28-18-14-21(2)15-19-28)29-24(5)22(3)23(4)25(29)6;;;;/h7-19H,1-6H3;3*1H;/q;;;;+3/p-3. The largest absolute Gasteiger partial charge is 1.00 e. The van der Waals surface area contributed by atoms with Crippen LogP contribution in [0.3, 0.4) is 0 Å². The number of halogens is 3. The first-order chi connectivity index (χ1) is 14.7. The molecular formula is C29H31Cl3SiTi. The van der Waals surface area contributed by atoms with Crippen molar-refractivity contribution in [1.29, 1.82) is 0 Å². The van der Waals surface area contributed by atoms with E-state index in [0.717, 1.165) is 0 Å². The Hall–Kier alpha value is -1.06. The first-order valence-electron chi connectivity index (χ1n) is 11.1. The Morgan fingerprint density at radius 3 is 1.18 bits per heavy atom. The van der Waals surface area contributed by atoms with E-state index in [-0.39, 0.29) is 40.6 Å². The zero-order chi connectivity index (χ0) is 22.4. The van der Waals surface area contributed by atoms with Gasteiger partial charge in [-0.1, -0.05) is 0 Å². The Morgan fingerprint density at radius 1 is 0.500 bits per heavy atom. The number of aryl methyl sites for hydroxylation is 2. The van der Waals surface area contributed by atoms with Crippen LogP contribution in [0, 0.1) is 13.8 Å². The Balaban J connectivity index is 0.00000193. The fourth-order valence-corrected chi connectivity index (χ4v) is 13.9. The minimum atomic E-state index is -2.49. The zero-order valence-corrected chi connectivity index (χ0v) is 25.5. The van der Waals surface area contributed by atoms with Gasteiger partial charge in [0.05, 0.1) is 0 Å². The van der Waals surface area contributed by atoms with Crippen LogP contribution in [-0.2, 0) is 20.4 Å². The van der Waals surface area contributed by atoms with Crippen molar-refractivity contribution in [3.05, 3.63) is 112 Å². The predicted molar refractivity (Wildman–Crippen MR) is 133 cm³/mol. The van der Waals surface area contributed by atoms with E-state index >= 15 is 0 Å². The van der Waals surface area contributed by atoms with Crippen LogP contribution in [0.1, 0.15) is 38.8 Å². The van der Waals surface area contributed by atoms with Crippen LogP contribution in [0.15, 0.2) is 101 Å². The summed E-state index contributed by atoms with van der Waals surface area (Å²) in [7, 11) is -2.49. The molecule has 0 saturated carbocycles. The molecule has 3 aromatic rings. The summed E-state index contributed by atoms with van der Waals surface area (Å²) in [6.07, 6.45) is 0. The molecule has 0 saturated heterocycles. The molecule has 0 aromatic heterocycles. The number of benzene rings is 3. The minimum absolute atomic E-state index is 0. The second kappa shape index (κ2) is 11.8. The maximum atomic E-state index is 2.52. The second-order valence-corrected chi connectivity index (χ2v) is 15.0. The quantitative estimate of drug-likeness (QED) is 0.232. The first-order valence-corrected chi connectivity index (χ1v) is 13.8. The molecule has 0 spiro atoms. The van der Waals surface area contributed by atoms with Crippen molar-refractivity contribution in [1.82, 2.24) is 0 Å². The van der Waals surface area contributed by atoms with Crippen LogP contribution in [0.25, 0.3) is 0 Å². The van der Waals surface area contributed by atoms with Crippen LogP contribution >= 0.6 is 0 Å². The summed E-state index contributed by atoms with van der Waals surface area (Å²) in [5.41, 5.74) is 8.61. The van der Waals surface area contributed by atoms with E-state index in [4.69, 9.17) is 0 Å². The third kappa shape index (κ3) is 4.57. The van der Waals surface area contributed by atoms with E-state index < -0.39 is 8.07 Å². The average Bonchev–Trinajstić information content (AvgIpc) is 2.93. The molecule has 5 heteroatoms. The Kier molecular flexibility index (Phi) is 10.7. The monoisotopic (exact) mass is 560 g/mol. The molecule has 3 aromatic carbocycles. The van der Waals surface area contributed by atoms with Crippen molar-refractivity contribution in [2.24, 2.45) is 0 Å². The van der Waals surface area contributed by atoms with Gasteiger partial charge < -0.3 is 37.2 Å². The molecule has 0 atom stereocenters. The smallest absolute Gasteiger partial charge is 1.00 e. The minimum Gasteiger partial charge on any atom is -1.00 e. The molecule has 0 aliphatic heterocycles. The fraction of sp³-hybridized carbons (Fsp3) is 0.241. The van der Waals surface area contributed by atoms with Crippen molar-refractivity contribution in [2.75, 3.05) is 0 Å². The van der Waals surface area contributed by atoms with Crippen LogP contribution < -0.4 is 52.8 Å². The fourth-order valence-electron chi connectivity index (χ4n) is 5.41. The van der Waals surface area contributed by atoms with Gasteiger partial charge in [0.15, 0.2) is 0 Å². The van der Waals surface area contributed by atoms with Crippen LogP contribution in [-0.4, -0.2) is 8.07 Å². The molecule has 0 fully saturated rings.